The van der Waals surface area contributed by atoms with Gasteiger partial charge in [-0.3, -0.25) is 9.78 Å². The quantitative estimate of drug-likeness (QED) is 0.835. The molecule has 0 bridgehead atoms. The zero-order valence-corrected chi connectivity index (χ0v) is 17.8. The second-order valence-corrected chi connectivity index (χ2v) is 8.94. The number of pyridine rings is 1. The zero-order chi connectivity index (χ0) is 21.5. The minimum absolute atomic E-state index is 0.0363. The highest BCUT2D eigenvalue weighted by atomic mass is 16.6. The number of aromatic nitrogens is 1. The van der Waals surface area contributed by atoms with Crippen LogP contribution in [0.1, 0.15) is 44.9 Å². The van der Waals surface area contributed by atoms with Crippen molar-refractivity contribution < 1.29 is 19.1 Å². The van der Waals surface area contributed by atoms with Gasteiger partial charge in [-0.25, -0.2) is 4.79 Å². The maximum Gasteiger partial charge on any atom is 0.407 e. The lowest BCUT2D eigenvalue weighted by atomic mass is 9.63. The van der Waals surface area contributed by atoms with Crippen LogP contribution in [0.2, 0.25) is 0 Å². The number of carbonyl (C=O) groups is 2. The van der Waals surface area contributed by atoms with Crippen molar-refractivity contribution >= 4 is 17.7 Å². The van der Waals surface area contributed by atoms with E-state index in [1.807, 2.05) is 57.2 Å². The van der Waals surface area contributed by atoms with Crippen LogP contribution >= 0.6 is 0 Å². The van der Waals surface area contributed by atoms with Gasteiger partial charge in [0.15, 0.2) is 0 Å². The lowest BCUT2D eigenvalue weighted by molar-refractivity contribution is -0.127. The van der Waals surface area contributed by atoms with Crippen LogP contribution in [-0.4, -0.2) is 35.7 Å². The van der Waals surface area contributed by atoms with E-state index in [1.165, 1.54) is 0 Å². The molecular weight excluding hydrogens is 382 g/mol. The van der Waals surface area contributed by atoms with E-state index >= 15 is 0 Å². The van der Waals surface area contributed by atoms with Gasteiger partial charge in [-0.2, -0.15) is 0 Å². The van der Waals surface area contributed by atoms with Crippen molar-refractivity contribution in [2.75, 3.05) is 12.0 Å². The van der Waals surface area contributed by atoms with Crippen LogP contribution in [0.15, 0.2) is 42.6 Å². The molecule has 0 radical (unpaired) electrons. The van der Waals surface area contributed by atoms with Crippen LogP contribution < -0.4 is 15.0 Å². The summed E-state index contributed by atoms with van der Waals surface area (Å²) in [6, 6.07) is 11.4. The number of hydrogen-bond acceptors (Lipinski definition) is 5. The lowest BCUT2D eigenvalue weighted by Crippen LogP contribution is -2.58. The van der Waals surface area contributed by atoms with Crippen molar-refractivity contribution in [2.24, 2.45) is 0 Å². The summed E-state index contributed by atoms with van der Waals surface area (Å²) in [5.74, 6) is 0.814. The van der Waals surface area contributed by atoms with E-state index in [9.17, 15) is 9.59 Å². The Balaban J connectivity index is 1.51. The molecule has 1 aromatic carbocycles. The number of anilines is 1. The molecule has 1 aliphatic heterocycles. The summed E-state index contributed by atoms with van der Waals surface area (Å²) in [4.78, 5) is 31.9. The topological polar surface area (TPSA) is 80.8 Å². The SMILES string of the molecule is COc1ccc(CN2C(=O)C3(CC(NC(=O)OC(C)(C)C)C3)c3ncccc32)cc1. The minimum atomic E-state index is -0.678. The summed E-state index contributed by atoms with van der Waals surface area (Å²) >= 11 is 0. The Morgan fingerprint density at radius 2 is 1.93 bits per heavy atom. The van der Waals surface area contributed by atoms with Crippen LogP contribution in [0, 0.1) is 0 Å². The van der Waals surface area contributed by atoms with E-state index in [1.54, 1.807) is 18.2 Å². The first-order chi connectivity index (χ1) is 14.2. The summed E-state index contributed by atoms with van der Waals surface area (Å²) in [6.45, 7) is 5.94. The first-order valence-corrected chi connectivity index (χ1v) is 10.1. The highest BCUT2D eigenvalue weighted by Crippen LogP contribution is 2.52. The monoisotopic (exact) mass is 409 g/mol. The van der Waals surface area contributed by atoms with Crippen molar-refractivity contribution in [3.63, 3.8) is 0 Å². The highest BCUT2D eigenvalue weighted by Gasteiger charge is 2.59. The lowest BCUT2D eigenvalue weighted by Gasteiger charge is -2.43. The van der Waals surface area contributed by atoms with Crippen LogP contribution in [0.5, 0.6) is 5.75 Å². The van der Waals surface area contributed by atoms with E-state index in [0.717, 1.165) is 22.7 Å². The number of rotatable bonds is 4. The predicted octanol–water partition coefficient (Wildman–Crippen LogP) is 3.56. The number of ether oxygens (including phenoxy) is 2. The Kier molecular flexibility index (Phi) is 4.92. The molecule has 1 N–H and O–H groups in total. The van der Waals surface area contributed by atoms with Crippen molar-refractivity contribution in [1.82, 2.24) is 10.3 Å². The molecule has 1 spiro atoms. The fraction of sp³-hybridized carbons (Fsp3) is 0.435. The first-order valence-electron chi connectivity index (χ1n) is 10.1. The summed E-state index contributed by atoms with van der Waals surface area (Å²) < 4.78 is 10.6. The molecule has 1 aromatic heterocycles. The van der Waals surface area contributed by atoms with Crippen molar-refractivity contribution in [3.8, 4) is 5.75 Å². The smallest absolute Gasteiger partial charge is 0.407 e. The third-order valence-electron chi connectivity index (χ3n) is 5.60. The first kappa shape index (κ1) is 20.2. The van der Waals surface area contributed by atoms with Crippen molar-refractivity contribution in [1.29, 1.82) is 0 Å². The maximum atomic E-state index is 13.5. The number of benzene rings is 1. The molecule has 0 atom stereocenters. The van der Waals surface area contributed by atoms with E-state index in [4.69, 9.17) is 9.47 Å². The van der Waals surface area contributed by atoms with Gasteiger partial charge >= 0.3 is 6.09 Å². The number of methoxy groups -OCH3 is 1. The number of fused-ring (bicyclic) bond motifs is 2. The Morgan fingerprint density at radius 3 is 2.57 bits per heavy atom. The Labute approximate surface area is 176 Å². The standard InChI is InChI=1S/C23H27N3O4/c1-22(2,3)30-21(28)25-16-12-23(13-16)19-18(6-5-11-24-19)26(20(23)27)14-15-7-9-17(29-4)10-8-15/h5-11,16H,12-14H2,1-4H3,(H,25,28). The maximum absolute atomic E-state index is 13.5. The highest BCUT2D eigenvalue weighted by molar-refractivity contribution is 6.08. The van der Waals surface area contributed by atoms with Gasteiger partial charge in [0, 0.05) is 12.2 Å². The molecular formula is C23H27N3O4. The molecule has 158 valence electrons. The number of alkyl carbamates (subject to hydrolysis) is 1. The Morgan fingerprint density at radius 1 is 1.23 bits per heavy atom. The van der Waals surface area contributed by atoms with Gasteiger partial charge in [-0.15, -0.1) is 0 Å². The van der Waals surface area contributed by atoms with Crippen LogP contribution in [-0.2, 0) is 21.5 Å². The number of nitrogens with one attached hydrogen (secondary N) is 1. The fourth-order valence-electron chi connectivity index (χ4n) is 4.25. The molecule has 30 heavy (non-hydrogen) atoms. The third-order valence-corrected chi connectivity index (χ3v) is 5.60. The van der Waals surface area contributed by atoms with E-state index in [-0.39, 0.29) is 11.9 Å². The molecule has 2 aliphatic rings. The Bertz CT molecular complexity index is 959. The van der Waals surface area contributed by atoms with Gasteiger partial charge in [-0.05, 0) is 63.4 Å². The summed E-state index contributed by atoms with van der Waals surface area (Å²) in [6.07, 6.45) is 2.31. The normalized spacial score (nSPS) is 22.5. The van der Waals surface area contributed by atoms with Gasteiger partial charge in [0.2, 0.25) is 5.91 Å². The largest absolute Gasteiger partial charge is 0.497 e. The minimum Gasteiger partial charge on any atom is -0.497 e. The van der Waals surface area contributed by atoms with E-state index < -0.39 is 17.1 Å². The van der Waals surface area contributed by atoms with Gasteiger partial charge in [0.1, 0.15) is 11.4 Å². The second kappa shape index (κ2) is 7.31. The molecule has 2 heterocycles. The molecule has 2 amide bonds. The number of hydrogen-bond donors (Lipinski definition) is 1. The average molecular weight is 409 g/mol. The van der Waals surface area contributed by atoms with Crippen LogP contribution in [0.4, 0.5) is 10.5 Å². The summed E-state index contributed by atoms with van der Waals surface area (Å²) in [5.41, 5.74) is 1.42. The predicted molar refractivity (Wildman–Crippen MR) is 112 cm³/mol. The molecule has 0 unspecified atom stereocenters. The molecule has 7 heteroatoms. The van der Waals surface area contributed by atoms with Gasteiger partial charge in [-0.1, -0.05) is 12.1 Å². The fourth-order valence-corrected chi connectivity index (χ4v) is 4.25. The van der Waals surface area contributed by atoms with E-state index in [2.05, 4.69) is 10.3 Å². The van der Waals surface area contributed by atoms with Gasteiger partial charge in [0.25, 0.3) is 0 Å². The number of amides is 2. The van der Waals surface area contributed by atoms with E-state index in [0.29, 0.717) is 19.4 Å². The second-order valence-electron chi connectivity index (χ2n) is 8.94. The van der Waals surface area contributed by atoms with Crippen LogP contribution in [0.25, 0.3) is 0 Å². The number of carbonyl (C=O) groups excluding carboxylic acids is 2. The van der Waals surface area contributed by atoms with Crippen molar-refractivity contribution in [3.05, 3.63) is 53.9 Å². The zero-order valence-electron chi connectivity index (χ0n) is 17.8. The van der Waals surface area contributed by atoms with Crippen molar-refractivity contribution in [2.45, 2.75) is 57.2 Å². The molecule has 1 fully saturated rings. The molecule has 0 saturated heterocycles. The van der Waals surface area contributed by atoms with Gasteiger partial charge in [0.05, 0.1) is 30.5 Å². The summed E-state index contributed by atoms with van der Waals surface area (Å²) in [5, 5.41) is 2.88. The molecule has 1 aliphatic carbocycles. The third kappa shape index (κ3) is 3.60. The average Bonchev–Trinajstić information content (AvgIpc) is 2.90. The Hall–Kier alpha value is -3.09. The molecule has 7 nitrogen and oxygen atoms in total. The molecule has 1 saturated carbocycles. The molecule has 2 aromatic rings. The van der Waals surface area contributed by atoms with Gasteiger partial charge < -0.3 is 19.7 Å². The molecule has 4 rings (SSSR count). The number of nitrogens with zero attached hydrogens (tertiary/aromatic N) is 2. The summed E-state index contributed by atoms with van der Waals surface area (Å²) in [7, 11) is 1.63. The van der Waals surface area contributed by atoms with Crippen LogP contribution in [0.3, 0.4) is 0 Å².